The molecule has 1 atom stereocenters. The highest BCUT2D eigenvalue weighted by Gasteiger charge is 2.19. The lowest BCUT2D eigenvalue weighted by molar-refractivity contribution is -0.139. The highest BCUT2D eigenvalue weighted by molar-refractivity contribution is 7.98. The molecule has 0 spiro atoms. The van der Waals surface area contributed by atoms with Crippen LogP contribution in [0.3, 0.4) is 0 Å². The fraction of sp³-hybridized carbons (Fsp3) is 0.429. The van der Waals surface area contributed by atoms with Gasteiger partial charge in [-0.2, -0.15) is 11.8 Å². The smallest absolute Gasteiger partial charge is 0.326 e. The summed E-state index contributed by atoms with van der Waals surface area (Å²) in [7, 11) is 3.01. The monoisotopic (exact) mass is 328 g/mol. The number of carbonyl (C=O) groups excluding carboxylic acids is 1. The van der Waals surface area contributed by atoms with E-state index in [1.165, 1.54) is 26.0 Å². The standard InChI is InChI=1S/C14H20N2O5S/c1-20-11-5-4-9(8-12(11)21-2)15-14(19)16-10(13(17)18)6-7-22-3/h4-5,8,10H,6-7H2,1-3H3,(H,17,18)(H2,15,16,19)/t10-/m0/s1. The van der Waals surface area contributed by atoms with Crippen molar-refractivity contribution in [2.45, 2.75) is 12.5 Å². The van der Waals surface area contributed by atoms with E-state index < -0.39 is 18.0 Å². The van der Waals surface area contributed by atoms with Crippen molar-refractivity contribution in [3.05, 3.63) is 18.2 Å². The number of carboxylic acids is 1. The van der Waals surface area contributed by atoms with E-state index in [4.69, 9.17) is 14.6 Å². The highest BCUT2D eigenvalue weighted by Crippen LogP contribution is 2.29. The molecule has 1 aromatic carbocycles. The summed E-state index contributed by atoms with van der Waals surface area (Å²) < 4.78 is 10.2. The zero-order valence-electron chi connectivity index (χ0n) is 12.7. The molecule has 0 heterocycles. The molecule has 0 saturated heterocycles. The molecule has 0 radical (unpaired) electrons. The predicted molar refractivity (Wildman–Crippen MR) is 86.1 cm³/mol. The third-order valence-electron chi connectivity index (χ3n) is 2.86. The van der Waals surface area contributed by atoms with Gasteiger partial charge in [0.15, 0.2) is 11.5 Å². The van der Waals surface area contributed by atoms with Gasteiger partial charge in [-0.05, 0) is 30.6 Å². The number of ether oxygens (including phenoxy) is 2. The van der Waals surface area contributed by atoms with E-state index in [0.717, 1.165) is 0 Å². The van der Waals surface area contributed by atoms with E-state index in [1.807, 2.05) is 6.26 Å². The van der Waals surface area contributed by atoms with Crippen LogP contribution in [0.4, 0.5) is 10.5 Å². The van der Waals surface area contributed by atoms with Gasteiger partial charge in [0.2, 0.25) is 0 Å². The number of benzene rings is 1. The van der Waals surface area contributed by atoms with Gasteiger partial charge in [-0.15, -0.1) is 0 Å². The van der Waals surface area contributed by atoms with Gasteiger partial charge in [-0.3, -0.25) is 0 Å². The number of amides is 2. The first-order chi connectivity index (χ1) is 10.5. The summed E-state index contributed by atoms with van der Waals surface area (Å²) in [6.45, 7) is 0. The summed E-state index contributed by atoms with van der Waals surface area (Å²) in [5.41, 5.74) is 0.476. The molecule has 7 nitrogen and oxygen atoms in total. The summed E-state index contributed by atoms with van der Waals surface area (Å²) in [5, 5.41) is 14.1. The van der Waals surface area contributed by atoms with Crippen LogP contribution >= 0.6 is 11.8 Å². The van der Waals surface area contributed by atoms with Crippen LogP contribution in [0.2, 0.25) is 0 Å². The zero-order chi connectivity index (χ0) is 16.5. The number of methoxy groups -OCH3 is 2. The summed E-state index contributed by atoms with van der Waals surface area (Å²) in [6.07, 6.45) is 2.23. The van der Waals surface area contributed by atoms with Crippen LogP contribution in [-0.2, 0) is 4.79 Å². The molecule has 0 unspecified atom stereocenters. The molecule has 0 fully saturated rings. The lowest BCUT2D eigenvalue weighted by atomic mass is 10.2. The van der Waals surface area contributed by atoms with Crippen molar-refractivity contribution in [1.29, 1.82) is 0 Å². The van der Waals surface area contributed by atoms with Crippen molar-refractivity contribution in [2.24, 2.45) is 0 Å². The first-order valence-electron chi connectivity index (χ1n) is 6.53. The van der Waals surface area contributed by atoms with Crippen LogP contribution in [0.5, 0.6) is 11.5 Å². The average Bonchev–Trinajstić information content (AvgIpc) is 2.50. The molecule has 2 amide bonds. The first-order valence-corrected chi connectivity index (χ1v) is 7.92. The molecule has 0 bridgehead atoms. The van der Waals surface area contributed by atoms with Crippen LogP contribution in [0.1, 0.15) is 6.42 Å². The molecule has 0 aliphatic carbocycles. The van der Waals surface area contributed by atoms with E-state index >= 15 is 0 Å². The Bertz CT molecular complexity index is 524. The van der Waals surface area contributed by atoms with Crippen LogP contribution < -0.4 is 20.1 Å². The third-order valence-corrected chi connectivity index (χ3v) is 3.50. The van der Waals surface area contributed by atoms with E-state index in [2.05, 4.69) is 10.6 Å². The number of hydrogen-bond donors (Lipinski definition) is 3. The normalized spacial score (nSPS) is 11.4. The minimum Gasteiger partial charge on any atom is -0.493 e. The van der Waals surface area contributed by atoms with Crippen molar-refractivity contribution >= 4 is 29.4 Å². The maximum Gasteiger partial charge on any atom is 0.326 e. The fourth-order valence-electron chi connectivity index (χ4n) is 1.73. The number of hydrogen-bond acceptors (Lipinski definition) is 5. The van der Waals surface area contributed by atoms with Crippen LogP contribution in [0.15, 0.2) is 18.2 Å². The Labute approximate surface area is 133 Å². The van der Waals surface area contributed by atoms with Crippen molar-refractivity contribution in [1.82, 2.24) is 5.32 Å². The molecule has 122 valence electrons. The predicted octanol–water partition coefficient (Wildman–Crippen LogP) is 2.03. The summed E-state index contributed by atoms with van der Waals surface area (Å²) in [4.78, 5) is 23.0. The van der Waals surface area contributed by atoms with E-state index in [1.54, 1.807) is 18.2 Å². The molecular formula is C14H20N2O5S. The molecule has 0 aromatic heterocycles. The Kier molecular flexibility index (Phi) is 7.38. The molecule has 0 aliphatic heterocycles. The van der Waals surface area contributed by atoms with Gasteiger partial charge in [0.25, 0.3) is 0 Å². The molecule has 8 heteroatoms. The zero-order valence-corrected chi connectivity index (χ0v) is 13.5. The topological polar surface area (TPSA) is 96.9 Å². The summed E-state index contributed by atoms with van der Waals surface area (Å²) in [6, 6.07) is 3.37. The van der Waals surface area contributed by atoms with Crippen LogP contribution in [0, 0.1) is 0 Å². The molecule has 0 aliphatic rings. The Morgan fingerprint density at radius 3 is 2.50 bits per heavy atom. The van der Waals surface area contributed by atoms with Gasteiger partial charge in [-0.1, -0.05) is 0 Å². The maximum absolute atomic E-state index is 11.9. The van der Waals surface area contributed by atoms with Gasteiger partial charge in [-0.25, -0.2) is 9.59 Å². The molecule has 22 heavy (non-hydrogen) atoms. The molecule has 1 rings (SSSR count). The average molecular weight is 328 g/mol. The number of carboxylic acid groups (broad SMARTS) is 1. The van der Waals surface area contributed by atoms with Crippen LogP contribution in [-0.4, -0.2) is 49.4 Å². The molecule has 3 N–H and O–H groups in total. The maximum atomic E-state index is 11.9. The second kappa shape index (κ2) is 9.04. The fourth-order valence-corrected chi connectivity index (χ4v) is 2.20. The lowest BCUT2D eigenvalue weighted by Gasteiger charge is -2.15. The number of rotatable bonds is 8. The summed E-state index contributed by atoms with van der Waals surface area (Å²) in [5.74, 6) is 0.596. The highest BCUT2D eigenvalue weighted by atomic mass is 32.2. The molecule has 0 saturated carbocycles. The Morgan fingerprint density at radius 2 is 1.95 bits per heavy atom. The van der Waals surface area contributed by atoms with Crippen molar-refractivity contribution < 1.29 is 24.2 Å². The van der Waals surface area contributed by atoms with Crippen molar-refractivity contribution in [3.8, 4) is 11.5 Å². The minimum absolute atomic E-state index is 0.357. The molecule has 1 aromatic rings. The number of aliphatic carboxylic acids is 1. The number of anilines is 1. The largest absolute Gasteiger partial charge is 0.493 e. The van der Waals surface area contributed by atoms with Gasteiger partial charge in [0.05, 0.1) is 14.2 Å². The van der Waals surface area contributed by atoms with E-state index in [0.29, 0.717) is 29.4 Å². The Balaban J connectivity index is 2.69. The number of carbonyl (C=O) groups is 2. The second-order valence-electron chi connectivity index (χ2n) is 4.34. The minimum atomic E-state index is -1.06. The SMILES string of the molecule is COc1ccc(NC(=O)N[C@@H](CCSC)C(=O)O)cc1OC. The van der Waals surface area contributed by atoms with Crippen molar-refractivity contribution in [2.75, 3.05) is 31.5 Å². The van der Waals surface area contributed by atoms with E-state index in [9.17, 15) is 9.59 Å². The molecular weight excluding hydrogens is 308 g/mol. The van der Waals surface area contributed by atoms with Gasteiger partial charge in [0.1, 0.15) is 6.04 Å². The summed E-state index contributed by atoms with van der Waals surface area (Å²) >= 11 is 1.52. The Hall–Kier alpha value is -2.09. The number of nitrogens with one attached hydrogen (secondary N) is 2. The quantitative estimate of drug-likeness (QED) is 0.675. The lowest BCUT2D eigenvalue weighted by Crippen LogP contribution is -2.43. The van der Waals surface area contributed by atoms with Gasteiger partial charge < -0.3 is 25.2 Å². The Morgan fingerprint density at radius 1 is 1.27 bits per heavy atom. The van der Waals surface area contributed by atoms with Crippen molar-refractivity contribution in [3.63, 3.8) is 0 Å². The van der Waals surface area contributed by atoms with E-state index in [-0.39, 0.29) is 0 Å². The third kappa shape index (κ3) is 5.36. The number of urea groups is 1. The number of thioether (sulfide) groups is 1. The first kappa shape index (κ1) is 18.0. The van der Waals surface area contributed by atoms with Gasteiger partial charge >= 0.3 is 12.0 Å². The van der Waals surface area contributed by atoms with Gasteiger partial charge in [0, 0.05) is 11.8 Å². The van der Waals surface area contributed by atoms with Crippen LogP contribution in [0.25, 0.3) is 0 Å². The second-order valence-corrected chi connectivity index (χ2v) is 5.33.